The van der Waals surface area contributed by atoms with Gasteiger partial charge in [-0.2, -0.15) is 4.98 Å². The van der Waals surface area contributed by atoms with Crippen LogP contribution in [0.1, 0.15) is 23.9 Å². The van der Waals surface area contributed by atoms with Gasteiger partial charge in [-0.3, -0.25) is 0 Å². The van der Waals surface area contributed by atoms with Gasteiger partial charge >= 0.3 is 0 Å². The number of ether oxygens (including phenoxy) is 2. The largest absolute Gasteiger partial charge is 0.454 e. The highest BCUT2D eigenvalue weighted by Crippen LogP contribution is 2.32. The number of nitrogens with one attached hydrogen (secondary N) is 1. The van der Waals surface area contributed by atoms with Crippen LogP contribution in [0.25, 0.3) is 11.4 Å². The van der Waals surface area contributed by atoms with Gasteiger partial charge in [0.2, 0.25) is 28.5 Å². The Balaban J connectivity index is 1.57. The van der Waals surface area contributed by atoms with Crippen molar-refractivity contribution in [1.29, 1.82) is 0 Å². The number of benzene rings is 2. The van der Waals surface area contributed by atoms with Crippen molar-refractivity contribution in [3.05, 3.63) is 53.4 Å². The predicted molar refractivity (Wildman–Crippen MR) is 100 cm³/mol. The number of hydrogen-bond donors (Lipinski definition) is 1. The predicted octanol–water partition coefficient (Wildman–Crippen LogP) is 2.81. The van der Waals surface area contributed by atoms with E-state index < -0.39 is 10.0 Å². The van der Waals surface area contributed by atoms with Gasteiger partial charge in [0.15, 0.2) is 11.5 Å². The molecule has 146 valence electrons. The number of sulfonamides is 1. The van der Waals surface area contributed by atoms with Gasteiger partial charge < -0.3 is 14.0 Å². The summed E-state index contributed by atoms with van der Waals surface area (Å²) in [4.78, 5) is 4.43. The second-order valence-corrected chi connectivity index (χ2v) is 8.09. The molecular formula is C19H19N3O5S. The average Bonchev–Trinajstić information content (AvgIpc) is 3.35. The molecule has 0 saturated carbocycles. The molecule has 2 heterocycles. The molecule has 0 unspecified atom stereocenters. The number of nitrogens with zero attached hydrogens (tertiary/aromatic N) is 2. The first-order valence-electron chi connectivity index (χ1n) is 8.78. The first kappa shape index (κ1) is 18.5. The zero-order chi connectivity index (χ0) is 19.7. The smallest absolute Gasteiger partial charge is 0.241 e. The van der Waals surface area contributed by atoms with Gasteiger partial charge in [-0.15, -0.1) is 0 Å². The number of hydrogen-bond acceptors (Lipinski definition) is 7. The summed E-state index contributed by atoms with van der Waals surface area (Å²) in [6.45, 7) is 3.95. The summed E-state index contributed by atoms with van der Waals surface area (Å²) in [7, 11) is -3.74. The third-order valence-electron chi connectivity index (χ3n) is 4.41. The molecule has 0 spiro atoms. The molecule has 1 N–H and O–H groups in total. The molecule has 9 heteroatoms. The van der Waals surface area contributed by atoms with Crippen molar-refractivity contribution >= 4 is 10.0 Å². The van der Waals surface area contributed by atoms with Gasteiger partial charge in [0.25, 0.3) is 0 Å². The first-order valence-corrected chi connectivity index (χ1v) is 10.3. The van der Waals surface area contributed by atoms with Crippen molar-refractivity contribution in [3.8, 4) is 22.9 Å². The Hall–Kier alpha value is -2.91. The van der Waals surface area contributed by atoms with E-state index in [-0.39, 0.29) is 18.2 Å². The highest BCUT2D eigenvalue weighted by molar-refractivity contribution is 7.89. The molecule has 2 aromatic carbocycles. The van der Waals surface area contributed by atoms with Crippen molar-refractivity contribution in [2.45, 2.75) is 31.7 Å². The maximum atomic E-state index is 12.9. The molecule has 0 fully saturated rings. The Morgan fingerprint density at radius 3 is 2.71 bits per heavy atom. The van der Waals surface area contributed by atoms with E-state index in [0.29, 0.717) is 40.8 Å². The van der Waals surface area contributed by atoms with Crippen LogP contribution in [0.15, 0.2) is 45.8 Å². The van der Waals surface area contributed by atoms with Gasteiger partial charge in [0, 0.05) is 18.5 Å². The molecule has 28 heavy (non-hydrogen) atoms. The van der Waals surface area contributed by atoms with E-state index in [1.165, 1.54) is 0 Å². The number of rotatable bonds is 6. The van der Waals surface area contributed by atoms with Crippen molar-refractivity contribution in [1.82, 2.24) is 14.9 Å². The van der Waals surface area contributed by atoms with Crippen LogP contribution in [-0.4, -0.2) is 25.4 Å². The van der Waals surface area contributed by atoms with E-state index in [2.05, 4.69) is 14.9 Å². The minimum atomic E-state index is -3.74. The Bertz CT molecular complexity index is 1120. The van der Waals surface area contributed by atoms with Crippen LogP contribution in [0.3, 0.4) is 0 Å². The highest BCUT2D eigenvalue weighted by Gasteiger charge is 2.20. The zero-order valence-corrected chi connectivity index (χ0v) is 16.2. The van der Waals surface area contributed by atoms with Crippen LogP contribution in [0.4, 0.5) is 0 Å². The van der Waals surface area contributed by atoms with Crippen LogP contribution in [0.5, 0.6) is 11.5 Å². The minimum absolute atomic E-state index is 0.130. The zero-order valence-electron chi connectivity index (χ0n) is 15.4. The third kappa shape index (κ3) is 3.58. The summed E-state index contributed by atoms with van der Waals surface area (Å²) in [5.41, 5.74) is 1.98. The van der Waals surface area contributed by atoms with E-state index in [1.807, 2.05) is 6.92 Å². The van der Waals surface area contributed by atoms with Gasteiger partial charge in [-0.25, -0.2) is 13.1 Å². The molecule has 0 saturated heterocycles. The molecule has 1 aliphatic heterocycles. The van der Waals surface area contributed by atoms with E-state index >= 15 is 0 Å². The van der Waals surface area contributed by atoms with Gasteiger partial charge in [0.1, 0.15) is 0 Å². The topological polar surface area (TPSA) is 104 Å². The summed E-state index contributed by atoms with van der Waals surface area (Å²) in [5, 5.41) is 3.91. The lowest BCUT2D eigenvalue weighted by molar-refractivity contribution is 0.174. The van der Waals surface area contributed by atoms with E-state index in [4.69, 9.17) is 14.0 Å². The number of aromatic nitrogens is 2. The van der Waals surface area contributed by atoms with Crippen molar-refractivity contribution in [3.63, 3.8) is 0 Å². The van der Waals surface area contributed by atoms with Gasteiger partial charge in [-0.1, -0.05) is 30.3 Å². The van der Waals surface area contributed by atoms with Crippen LogP contribution in [-0.2, 0) is 23.0 Å². The van der Waals surface area contributed by atoms with Crippen molar-refractivity contribution in [2.75, 3.05) is 6.79 Å². The fourth-order valence-corrected chi connectivity index (χ4v) is 4.14. The molecule has 3 aromatic rings. The molecule has 4 rings (SSSR count). The molecule has 0 amide bonds. The maximum absolute atomic E-state index is 12.9. The lowest BCUT2D eigenvalue weighted by Gasteiger charge is -2.11. The SMILES string of the molecule is CCc1nc(-c2ccc(C)c(S(=O)(=O)NCc3ccc4c(c3)OCO4)c2)no1. The van der Waals surface area contributed by atoms with Crippen LogP contribution in [0.2, 0.25) is 0 Å². The summed E-state index contributed by atoms with van der Waals surface area (Å²) in [5.74, 6) is 2.13. The molecule has 0 atom stereocenters. The standard InChI is InChI=1S/C19H19N3O5S/c1-3-18-21-19(22-27-18)14-6-4-12(2)17(9-14)28(23,24)20-10-13-5-7-15-16(8-13)26-11-25-15/h4-9,20H,3,10-11H2,1-2H3. The first-order chi connectivity index (χ1) is 13.5. The summed E-state index contributed by atoms with van der Waals surface area (Å²) < 4.78 is 44.1. The van der Waals surface area contributed by atoms with Crippen LogP contribution in [0, 0.1) is 6.92 Å². The summed E-state index contributed by atoms with van der Waals surface area (Å²) in [6.07, 6.45) is 0.612. The van der Waals surface area contributed by atoms with E-state index in [1.54, 1.807) is 43.3 Å². The van der Waals surface area contributed by atoms with E-state index in [9.17, 15) is 8.42 Å². The van der Waals surface area contributed by atoms with Crippen molar-refractivity contribution in [2.24, 2.45) is 0 Å². The molecule has 0 aliphatic carbocycles. The second-order valence-electron chi connectivity index (χ2n) is 6.36. The van der Waals surface area contributed by atoms with Gasteiger partial charge in [-0.05, 0) is 36.2 Å². The molecule has 0 radical (unpaired) electrons. The fourth-order valence-electron chi connectivity index (χ4n) is 2.85. The maximum Gasteiger partial charge on any atom is 0.241 e. The minimum Gasteiger partial charge on any atom is -0.454 e. The monoisotopic (exact) mass is 401 g/mol. The Morgan fingerprint density at radius 1 is 1.11 bits per heavy atom. The Kier molecular flexibility index (Phi) is 4.78. The molecule has 8 nitrogen and oxygen atoms in total. The fraction of sp³-hybridized carbons (Fsp3) is 0.263. The quantitative estimate of drug-likeness (QED) is 0.677. The van der Waals surface area contributed by atoms with E-state index in [0.717, 1.165) is 5.56 Å². The molecular weight excluding hydrogens is 382 g/mol. The lowest BCUT2D eigenvalue weighted by Crippen LogP contribution is -2.24. The Labute approximate surface area is 162 Å². The van der Waals surface area contributed by atoms with Crippen LogP contribution >= 0.6 is 0 Å². The highest BCUT2D eigenvalue weighted by atomic mass is 32.2. The summed E-state index contributed by atoms with van der Waals surface area (Å²) in [6, 6.07) is 10.4. The van der Waals surface area contributed by atoms with Crippen LogP contribution < -0.4 is 14.2 Å². The summed E-state index contributed by atoms with van der Waals surface area (Å²) >= 11 is 0. The van der Waals surface area contributed by atoms with Crippen molar-refractivity contribution < 1.29 is 22.4 Å². The number of fused-ring (bicyclic) bond motifs is 1. The molecule has 1 aromatic heterocycles. The normalized spacial score (nSPS) is 13.1. The third-order valence-corrected chi connectivity index (χ3v) is 5.95. The Morgan fingerprint density at radius 2 is 1.93 bits per heavy atom. The molecule has 0 bridgehead atoms. The lowest BCUT2D eigenvalue weighted by atomic mass is 10.1. The molecule has 1 aliphatic rings. The number of aryl methyl sites for hydroxylation is 2. The average molecular weight is 401 g/mol. The van der Waals surface area contributed by atoms with Gasteiger partial charge in [0.05, 0.1) is 4.90 Å². The second kappa shape index (κ2) is 7.25.